The maximum atomic E-state index is 8.16. The van der Waals surface area contributed by atoms with Gasteiger partial charge in [0.2, 0.25) is 5.89 Å². The van der Waals surface area contributed by atoms with Gasteiger partial charge in [0.25, 0.3) is 0 Å². The van der Waals surface area contributed by atoms with Gasteiger partial charge in [-0.25, -0.2) is 0 Å². The fraction of sp³-hybridized carbons (Fsp3) is 0.400. The van der Waals surface area contributed by atoms with Crippen LogP contribution in [0.5, 0.6) is 0 Å². The molecule has 52 valence electrons. The van der Waals surface area contributed by atoms with E-state index in [2.05, 4.69) is 14.7 Å². The molecular formula is C5H5N3OS. The summed E-state index contributed by atoms with van der Waals surface area (Å²) in [6.07, 6.45) is 1.35. The van der Waals surface area contributed by atoms with Crippen LogP contribution in [0, 0.1) is 11.3 Å². The van der Waals surface area contributed by atoms with E-state index < -0.39 is 0 Å². The van der Waals surface area contributed by atoms with Crippen LogP contribution in [0.15, 0.2) is 10.9 Å². The SMILES string of the molecule is N#CCSCc1ncno1. The minimum atomic E-state index is 0.461. The van der Waals surface area contributed by atoms with Gasteiger partial charge in [0, 0.05) is 0 Å². The van der Waals surface area contributed by atoms with Gasteiger partial charge in [-0.1, -0.05) is 5.16 Å². The van der Waals surface area contributed by atoms with Crippen LogP contribution in [0.25, 0.3) is 0 Å². The van der Waals surface area contributed by atoms with E-state index in [0.29, 0.717) is 17.4 Å². The van der Waals surface area contributed by atoms with Crippen molar-refractivity contribution in [1.29, 1.82) is 5.26 Å². The number of nitriles is 1. The fourth-order valence-corrected chi connectivity index (χ4v) is 0.939. The molecule has 4 nitrogen and oxygen atoms in total. The Morgan fingerprint density at radius 3 is 3.30 bits per heavy atom. The van der Waals surface area contributed by atoms with Crippen LogP contribution in [-0.4, -0.2) is 15.9 Å². The first-order valence-electron chi connectivity index (χ1n) is 2.63. The number of nitrogens with zero attached hydrogens (tertiary/aromatic N) is 3. The highest BCUT2D eigenvalue weighted by molar-refractivity contribution is 7.98. The van der Waals surface area contributed by atoms with Crippen LogP contribution in [-0.2, 0) is 5.75 Å². The molecule has 0 fully saturated rings. The van der Waals surface area contributed by atoms with E-state index in [4.69, 9.17) is 5.26 Å². The van der Waals surface area contributed by atoms with Gasteiger partial charge in [-0.05, 0) is 0 Å². The van der Waals surface area contributed by atoms with E-state index in [0.717, 1.165) is 0 Å². The molecule has 10 heavy (non-hydrogen) atoms. The molecule has 1 rings (SSSR count). The van der Waals surface area contributed by atoms with Crippen molar-refractivity contribution < 1.29 is 4.52 Å². The predicted octanol–water partition coefficient (Wildman–Crippen LogP) is 0.826. The standard InChI is InChI=1S/C5H5N3OS/c6-1-2-10-3-5-7-4-8-9-5/h4H,2-3H2. The zero-order valence-electron chi connectivity index (χ0n) is 5.15. The molecule has 1 aromatic rings. The molecule has 0 spiro atoms. The van der Waals surface area contributed by atoms with Gasteiger partial charge in [-0.3, -0.25) is 0 Å². The van der Waals surface area contributed by atoms with E-state index in [9.17, 15) is 0 Å². The quantitative estimate of drug-likeness (QED) is 0.605. The summed E-state index contributed by atoms with van der Waals surface area (Å²) in [6.45, 7) is 0. The van der Waals surface area contributed by atoms with E-state index in [1.807, 2.05) is 6.07 Å². The van der Waals surface area contributed by atoms with Gasteiger partial charge in [-0.15, -0.1) is 11.8 Å². The fourth-order valence-electron chi connectivity index (χ4n) is 0.444. The molecule has 0 aliphatic rings. The highest BCUT2D eigenvalue weighted by Gasteiger charge is 1.96. The molecule has 0 radical (unpaired) electrons. The second-order valence-corrected chi connectivity index (χ2v) is 2.47. The van der Waals surface area contributed by atoms with Crippen molar-refractivity contribution >= 4 is 11.8 Å². The third kappa shape index (κ3) is 2.07. The maximum absolute atomic E-state index is 8.16. The van der Waals surface area contributed by atoms with Crippen LogP contribution in [0.3, 0.4) is 0 Å². The summed E-state index contributed by atoms with van der Waals surface area (Å²) in [4.78, 5) is 3.78. The van der Waals surface area contributed by atoms with Gasteiger partial charge >= 0.3 is 0 Å². The summed E-state index contributed by atoms with van der Waals surface area (Å²) in [5.74, 6) is 1.65. The molecular weight excluding hydrogens is 150 g/mol. The van der Waals surface area contributed by atoms with Gasteiger partial charge in [0.1, 0.15) is 0 Å². The summed E-state index contributed by atoms with van der Waals surface area (Å²) in [5, 5.41) is 11.6. The van der Waals surface area contributed by atoms with Gasteiger partial charge in [0.15, 0.2) is 6.33 Å². The molecule has 0 unspecified atom stereocenters. The predicted molar refractivity (Wildman–Crippen MR) is 36.1 cm³/mol. The Kier molecular flexibility index (Phi) is 2.77. The van der Waals surface area contributed by atoms with Crippen molar-refractivity contribution in [2.75, 3.05) is 5.75 Å². The van der Waals surface area contributed by atoms with Crippen molar-refractivity contribution in [3.63, 3.8) is 0 Å². The Morgan fingerprint density at radius 1 is 1.80 bits per heavy atom. The zero-order valence-corrected chi connectivity index (χ0v) is 5.97. The highest BCUT2D eigenvalue weighted by Crippen LogP contribution is 2.06. The van der Waals surface area contributed by atoms with Crippen molar-refractivity contribution in [2.24, 2.45) is 0 Å². The second kappa shape index (κ2) is 3.90. The van der Waals surface area contributed by atoms with Crippen molar-refractivity contribution in [3.8, 4) is 6.07 Å². The van der Waals surface area contributed by atoms with Gasteiger partial charge in [0.05, 0.1) is 17.6 Å². The molecule has 1 heterocycles. The number of aromatic nitrogens is 2. The van der Waals surface area contributed by atoms with Crippen LogP contribution in [0.1, 0.15) is 5.89 Å². The van der Waals surface area contributed by atoms with Crippen LogP contribution >= 0.6 is 11.8 Å². The molecule has 0 saturated carbocycles. The summed E-state index contributed by atoms with van der Waals surface area (Å²) in [5.41, 5.74) is 0. The summed E-state index contributed by atoms with van der Waals surface area (Å²) in [7, 11) is 0. The number of rotatable bonds is 3. The largest absolute Gasteiger partial charge is 0.339 e. The lowest BCUT2D eigenvalue weighted by molar-refractivity contribution is 0.390. The van der Waals surface area contributed by atoms with Crippen LogP contribution in [0.2, 0.25) is 0 Å². The molecule has 0 bridgehead atoms. The van der Waals surface area contributed by atoms with E-state index in [1.165, 1.54) is 18.1 Å². The normalized spacial score (nSPS) is 9.10. The smallest absolute Gasteiger partial charge is 0.236 e. The third-order valence-corrected chi connectivity index (χ3v) is 1.58. The minimum absolute atomic E-state index is 0.461. The lowest BCUT2D eigenvalue weighted by atomic mass is 10.8. The Bertz CT molecular complexity index is 215. The third-order valence-electron chi connectivity index (χ3n) is 0.799. The topological polar surface area (TPSA) is 62.7 Å². The minimum Gasteiger partial charge on any atom is -0.339 e. The van der Waals surface area contributed by atoms with Crippen LogP contribution in [0.4, 0.5) is 0 Å². The van der Waals surface area contributed by atoms with Crippen LogP contribution < -0.4 is 0 Å². The average molecular weight is 155 g/mol. The first kappa shape index (κ1) is 7.09. The molecule has 0 saturated heterocycles. The lowest BCUT2D eigenvalue weighted by Crippen LogP contribution is -1.79. The van der Waals surface area contributed by atoms with Crippen molar-refractivity contribution in [1.82, 2.24) is 10.1 Å². The van der Waals surface area contributed by atoms with Gasteiger partial charge < -0.3 is 4.52 Å². The molecule has 1 aromatic heterocycles. The lowest BCUT2D eigenvalue weighted by Gasteiger charge is -1.86. The molecule has 0 aromatic carbocycles. The van der Waals surface area contributed by atoms with E-state index in [-0.39, 0.29) is 0 Å². The zero-order chi connectivity index (χ0) is 7.23. The summed E-state index contributed by atoms with van der Waals surface area (Å²) >= 11 is 1.45. The molecule has 0 atom stereocenters. The summed E-state index contributed by atoms with van der Waals surface area (Å²) < 4.78 is 4.69. The monoisotopic (exact) mass is 155 g/mol. The van der Waals surface area contributed by atoms with Crippen molar-refractivity contribution in [2.45, 2.75) is 5.75 Å². The summed E-state index contributed by atoms with van der Waals surface area (Å²) in [6, 6.07) is 2.00. The number of hydrogen-bond acceptors (Lipinski definition) is 5. The first-order valence-corrected chi connectivity index (χ1v) is 3.79. The number of hydrogen-bond donors (Lipinski definition) is 0. The Labute approximate surface area is 62.2 Å². The molecule has 0 aliphatic carbocycles. The van der Waals surface area contributed by atoms with Crippen molar-refractivity contribution in [3.05, 3.63) is 12.2 Å². The second-order valence-electron chi connectivity index (χ2n) is 1.49. The Morgan fingerprint density at radius 2 is 2.70 bits per heavy atom. The average Bonchev–Trinajstić information content (AvgIpc) is 2.41. The Balaban J connectivity index is 2.23. The molecule has 5 heteroatoms. The molecule has 0 N–H and O–H groups in total. The van der Waals surface area contributed by atoms with Gasteiger partial charge in [-0.2, -0.15) is 10.2 Å². The Hall–Kier alpha value is -1.02. The number of thioether (sulfide) groups is 1. The van der Waals surface area contributed by atoms with E-state index >= 15 is 0 Å². The molecule has 0 amide bonds. The van der Waals surface area contributed by atoms with E-state index in [1.54, 1.807) is 0 Å². The first-order chi connectivity index (χ1) is 4.93. The highest BCUT2D eigenvalue weighted by atomic mass is 32.2. The maximum Gasteiger partial charge on any atom is 0.236 e. The molecule has 0 aliphatic heterocycles.